The molecule has 0 saturated carbocycles. The molecule has 5 heteroatoms. The van der Waals surface area contributed by atoms with Crippen molar-refractivity contribution in [2.24, 2.45) is 0 Å². The Hall–Kier alpha value is -1.88. The molecule has 4 N–H and O–H groups in total. The predicted octanol–water partition coefficient (Wildman–Crippen LogP) is 0.481. The van der Waals surface area contributed by atoms with Crippen molar-refractivity contribution in [1.82, 2.24) is 10.9 Å². The van der Waals surface area contributed by atoms with Gasteiger partial charge in [-0.3, -0.25) is 10.2 Å². The highest BCUT2D eigenvalue weighted by molar-refractivity contribution is 5.94. The molecule has 5 nitrogen and oxygen atoms in total. The maximum Gasteiger partial charge on any atom is 0.265 e. The number of aldehydes is 1. The normalized spacial score (nSPS) is 11.8. The second kappa shape index (κ2) is 5.87. The first-order valence-electron chi connectivity index (χ1n) is 5.04. The Labute approximate surface area is 94.0 Å². The first kappa shape index (κ1) is 12.2. The number of anilines is 1. The molecule has 86 valence electrons. The van der Waals surface area contributed by atoms with Crippen LogP contribution in [0.1, 0.15) is 23.7 Å². The van der Waals surface area contributed by atoms with Gasteiger partial charge in [0, 0.05) is 11.3 Å². The van der Waals surface area contributed by atoms with E-state index in [4.69, 9.17) is 5.73 Å². The first-order valence-corrected chi connectivity index (χ1v) is 5.04. The van der Waals surface area contributed by atoms with E-state index in [9.17, 15) is 9.59 Å². The summed E-state index contributed by atoms with van der Waals surface area (Å²) in [5.74, 6) is -0.312. The van der Waals surface area contributed by atoms with Crippen LogP contribution in [-0.4, -0.2) is 18.2 Å². The molecule has 0 spiro atoms. The molecule has 0 bridgehead atoms. The molecular weight excluding hydrogens is 206 g/mol. The Balaban J connectivity index is 2.56. The molecule has 1 aromatic rings. The molecule has 0 saturated heterocycles. The van der Waals surface area contributed by atoms with Gasteiger partial charge in [0.1, 0.15) is 6.29 Å². The van der Waals surface area contributed by atoms with Gasteiger partial charge in [-0.05, 0) is 24.6 Å². The van der Waals surface area contributed by atoms with Crippen molar-refractivity contribution in [1.29, 1.82) is 0 Å². The number of hydrogen-bond acceptors (Lipinski definition) is 4. The van der Waals surface area contributed by atoms with Crippen LogP contribution in [0.25, 0.3) is 0 Å². The molecule has 0 unspecified atom stereocenters. The van der Waals surface area contributed by atoms with Crippen LogP contribution in [-0.2, 0) is 4.79 Å². The fourth-order valence-corrected chi connectivity index (χ4v) is 1.14. The molecule has 1 rings (SSSR count). The quantitative estimate of drug-likeness (QED) is 0.383. The van der Waals surface area contributed by atoms with E-state index >= 15 is 0 Å². The summed E-state index contributed by atoms with van der Waals surface area (Å²) >= 11 is 0. The molecule has 16 heavy (non-hydrogen) atoms. The zero-order valence-electron chi connectivity index (χ0n) is 9.07. The Bertz CT molecular complexity index is 379. The lowest BCUT2D eigenvalue weighted by Gasteiger charge is -2.11. The molecule has 0 heterocycles. The number of amides is 1. The van der Waals surface area contributed by atoms with Gasteiger partial charge >= 0.3 is 0 Å². The zero-order chi connectivity index (χ0) is 12.0. The van der Waals surface area contributed by atoms with Gasteiger partial charge in [-0.25, -0.2) is 5.43 Å². The molecule has 1 amide bonds. The van der Waals surface area contributed by atoms with Crippen LogP contribution in [0.5, 0.6) is 0 Å². The van der Waals surface area contributed by atoms with Gasteiger partial charge in [0.25, 0.3) is 5.91 Å². The summed E-state index contributed by atoms with van der Waals surface area (Å²) < 4.78 is 0. The fourth-order valence-electron chi connectivity index (χ4n) is 1.14. The van der Waals surface area contributed by atoms with Crippen LogP contribution in [0.15, 0.2) is 24.3 Å². The molecule has 1 aromatic carbocycles. The average molecular weight is 221 g/mol. The van der Waals surface area contributed by atoms with Crippen molar-refractivity contribution in [2.45, 2.75) is 19.4 Å². The number of benzene rings is 1. The minimum atomic E-state index is -0.370. The van der Waals surface area contributed by atoms with Gasteiger partial charge < -0.3 is 10.5 Å². The van der Waals surface area contributed by atoms with Gasteiger partial charge in [-0.2, -0.15) is 0 Å². The molecule has 0 aliphatic carbocycles. The number of hydrogen-bond donors (Lipinski definition) is 3. The van der Waals surface area contributed by atoms with Crippen LogP contribution >= 0.6 is 0 Å². The third-order valence-corrected chi connectivity index (χ3v) is 2.12. The lowest BCUT2D eigenvalue weighted by atomic mass is 10.2. The lowest BCUT2D eigenvalue weighted by Crippen LogP contribution is -2.44. The van der Waals surface area contributed by atoms with E-state index in [1.165, 1.54) is 0 Å². The van der Waals surface area contributed by atoms with Crippen LogP contribution < -0.4 is 16.6 Å². The highest BCUT2D eigenvalue weighted by Crippen LogP contribution is 2.05. The Morgan fingerprint density at radius 1 is 1.56 bits per heavy atom. The second-order valence-electron chi connectivity index (χ2n) is 3.37. The summed E-state index contributed by atoms with van der Waals surface area (Å²) in [6.07, 6.45) is 1.36. The van der Waals surface area contributed by atoms with E-state index in [2.05, 4.69) is 10.9 Å². The van der Waals surface area contributed by atoms with E-state index in [0.717, 1.165) is 6.29 Å². The summed E-state index contributed by atoms with van der Waals surface area (Å²) in [5.41, 5.74) is 11.6. The summed E-state index contributed by atoms with van der Waals surface area (Å²) in [5, 5.41) is 0. The standard InChI is InChI=1S/C11H15N3O2/c1-2-10(7-15)13-14-11(16)8-4-3-5-9(12)6-8/h3-7,10,13H,2,12H2,1H3,(H,14,16)/t10-/m0/s1. The topological polar surface area (TPSA) is 84.2 Å². The monoisotopic (exact) mass is 221 g/mol. The molecule has 1 atom stereocenters. The average Bonchev–Trinajstić information content (AvgIpc) is 2.30. The van der Waals surface area contributed by atoms with Crippen molar-refractivity contribution in [3.05, 3.63) is 29.8 Å². The van der Waals surface area contributed by atoms with E-state index in [1.807, 2.05) is 6.92 Å². The summed E-state index contributed by atoms with van der Waals surface area (Å²) in [6, 6.07) is 6.24. The first-order chi connectivity index (χ1) is 7.67. The van der Waals surface area contributed by atoms with Crippen molar-refractivity contribution < 1.29 is 9.59 Å². The predicted molar refractivity (Wildman–Crippen MR) is 61.6 cm³/mol. The smallest absolute Gasteiger partial charge is 0.265 e. The summed E-state index contributed by atoms with van der Waals surface area (Å²) in [6.45, 7) is 1.85. The van der Waals surface area contributed by atoms with Crippen LogP contribution in [0.2, 0.25) is 0 Å². The number of hydrazine groups is 1. The number of rotatable bonds is 5. The van der Waals surface area contributed by atoms with Gasteiger partial charge in [0.05, 0.1) is 6.04 Å². The molecule has 0 aliphatic heterocycles. The van der Waals surface area contributed by atoms with Crippen molar-refractivity contribution in [3.63, 3.8) is 0 Å². The third kappa shape index (κ3) is 3.36. The van der Waals surface area contributed by atoms with Gasteiger partial charge in [0.15, 0.2) is 0 Å². The largest absolute Gasteiger partial charge is 0.399 e. The number of carbonyl (C=O) groups excluding carboxylic acids is 2. The van der Waals surface area contributed by atoms with Crippen molar-refractivity contribution in [3.8, 4) is 0 Å². The fraction of sp³-hybridized carbons (Fsp3) is 0.273. The van der Waals surface area contributed by atoms with E-state index < -0.39 is 0 Å². The zero-order valence-corrected chi connectivity index (χ0v) is 9.07. The second-order valence-corrected chi connectivity index (χ2v) is 3.37. The lowest BCUT2D eigenvalue weighted by molar-refractivity contribution is -0.109. The van der Waals surface area contributed by atoms with E-state index in [-0.39, 0.29) is 11.9 Å². The number of nitrogens with two attached hydrogens (primary N) is 1. The van der Waals surface area contributed by atoms with Crippen LogP contribution in [0.3, 0.4) is 0 Å². The molecule has 0 fully saturated rings. The molecule has 0 aliphatic rings. The van der Waals surface area contributed by atoms with Gasteiger partial charge in [-0.1, -0.05) is 13.0 Å². The summed E-state index contributed by atoms with van der Waals surface area (Å²) in [7, 11) is 0. The van der Waals surface area contributed by atoms with E-state index in [0.29, 0.717) is 17.7 Å². The van der Waals surface area contributed by atoms with Crippen LogP contribution in [0.4, 0.5) is 5.69 Å². The van der Waals surface area contributed by atoms with E-state index in [1.54, 1.807) is 24.3 Å². The van der Waals surface area contributed by atoms with Crippen molar-refractivity contribution >= 4 is 17.9 Å². The Morgan fingerprint density at radius 3 is 2.88 bits per heavy atom. The van der Waals surface area contributed by atoms with Crippen LogP contribution in [0, 0.1) is 0 Å². The highest BCUT2D eigenvalue weighted by atomic mass is 16.2. The highest BCUT2D eigenvalue weighted by Gasteiger charge is 2.08. The maximum atomic E-state index is 11.6. The number of nitrogens with one attached hydrogen (secondary N) is 2. The van der Waals surface area contributed by atoms with Crippen molar-refractivity contribution in [2.75, 3.05) is 5.73 Å². The summed E-state index contributed by atoms with van der Waals surface area (Å²) in [4.78, 5) is 22.1. The minimum Gasteiger partial charge on any atom is -0.399 e. The SMILES string of the molecule is CC[C@@H](C=O)NNC(=O)c1cccc(N)c1. The number of carbonyl (C=O) groups is 2. The maximum absolute atomic E-state index is 11.6. The Kier molecular flexibility index (Phi) is 4.47. The number of nitrogen functional groups attached to an aromatic ring is 1. The minimum absolute atomic E-state index is 0.312. The molecule has 0 aromatic heterocycles. The third-order valence-electron chi connectivity index (χ3n) is 2.12. The Morgan fingerprint density at radius 2 is 2.31 bits per heavy atom. The van der Waals surface area contributed by atoms with Gasteiger partial charge in [0.2, 0.25) is 0 Å². The van der Waals surface area contributed by atoms with Gasteiger partial charge in [-0.15, -0.1) is 0 Å². The molecule has 0 radical (unpaired) electrons. The molecular formula is C11H15N3O2.